The molecule has 2 heterocycles. The molecule has 12 nitrogen and oxygen atoms in total. The summed E-state index contributed by atoms with van der Waals surface area (Å²) in [6.07, 6.45) is 3.61. The van der Waals surface area contributed by atoms with Crippen LogP contribution in [0.25, 0.3) is 0 Å². The number of carbonyl (C=O) groups is 4. The first-order valence-corrected chi connectivity index (χ1v) is 24.9. The molecule has 2 unspecified atom stereocenters. The van der Waals surface area contributed by atoms with Gasteiger partial charge in [0, 0.05) is 11.3 Å². The van der Waals surface area contributed by atoms with Crippen LogP contribution in [0.5, 0.6) is 11.5 Å². The molecular formula is C50H76O12S2. The van der Waals surface area contributed by atoms with Crippen molar-refractivity contribution in [2.45, 2.75) is 182 Å². The molecule has 0 spiro atoms. The van der Waals surface area contributed by atoms with Crippen molar-refractivity contribution in [2.24, 2.45) is 21.7 Å². The van der Waals surface area contributed by atoms with Crippen molar-refractivity contribution in [3.05, 3.63) is 54.1 Å². The van der Waals surface area contributed by atoms with Crippen molar-refractivity contribution in [3.8, 4) is 11.5 Å². The van der Waals surface area contributed by atoms with Crippen LogP contribution >= 0.6 is 11.8 Å². The lowest BCUT2D eigenvalue weighted by molar-refractivity contribution is -0.246. The molecule has 0 amide bonds. The van der Waals surface area contributed by atoms with Gasteiger partial charge >= 0.3 is 23.9 Å². The number of fused-ring (bicyclic) bond motifs is 1. The van der Waals surface area contributed by atoms with Crippen LogP contribution in [0.3, 0.4) is 0 Å². The number of carbonyl (C=O) groups excluding carboxylic acids is 4. The van der Waals surface area contributed by atoms with Gasteiger partial charge in [0.1, 0.15) is 29.1 Å². The summed E-state index contributed by atoms with van der Waals surface area (Å²) in [5, 5.41) is 0.191. The first kappa shape index (κ1) is 54.9. The molecule has 0 saturated carbocycles. The lowest BCUT2D eigenvalue weighted by atomic mass is 9.93. The molecule has 0 aliphatic carbocycles. The molecule has 2 aromatic rings. The minimum absolute atomic E-state index is 0.191. The summed E-state index contributed by atoms with van der Waals surface area (Å²) in [6.45, 7) is 24.8. The zero-order chi connectivity index (χ0) is 48.0. The predicted molar refractivity (Wildman–Crippen MR) is 251 cm³/mol. The van der Waals surface area contributed by atoms with Gasteiger partial charge in [0.2, 0.25) is 6.79 Å². The minimum atomic E-state index is -1.26. The zero-order valence-electron chi connectivity index (χ0n) is 40.9. The molecule has 0 aromatic heterocycles. The van der Waals surface area contributed by atoms with Gasteiger partial charge in [-0.2, -0.15) is 0 Å². The molecule has 1 saturated heterocycles. The van der Waals surface area contributed by atoms with Crippen molar-refractivity contribution in [3.63, 3.8) is 0 Å². The summed E-state index contributed by atoms with van der Waals surface area (Å²) >= 11 is 0.519. The van der Waals surface area contributed by atoms with Crippen LogP contribution in [0.1, 0.15) is 141 Å². The van der Waals surface area contributed by atoms with Crippen LogP contribution in [0.2, 0.25) is 0 Å². The van der Waals surface area contributed by atoms with Crippen LogP contribution in [-0.4, -0.2) is 82.7 Å². The lowest BCUT2D eigenvalue weighted by Gasteiger charge is -2.46. The molecule has 2 aliphatic heterocycles. The third-order valence-corrected chi connectivity index (χ3v) is 13.2. The molecule has 0 bridgehead atoms. The average Bonchev–Trinajstić information content (AvgIpc) is 3.67. The third-order valence-electron chi connectivity index (χ3n) is 10.3. The van der Waals surface area contributed by atoms with Crippen molar-refractivity contribution in [1.82, 2.24) is 0 Å². The quantitative estimate of drug-likeness (QED) is 0.0640. The van der Waals surface area contributed by atoms with Crippen LogP contribution in [-0.2, 0) is 60.5 Å². The predicted octanol–water partition coefficient (Wildman–Crippen LogP) is 10.4. The summed E-state index contributed by atoms with van der Waals surface area (Å²) in [5.41, 5.74) is -3.26. The molecule has 64 heavy (non-hydrogen) atoms. The normalized spacial score (nSPS) is 20.8. The van der Waals surface area contributed by atoms with Gasteiger partial charge in [-0.05, 0) is 133 Å². The Hall–Kier alpha value is -3.46. The average molecular weight is 933 g/mol. The van der Waals surface area contributed by atoms with Gasteiger partial charge in [0.15, 0.2) is 29.8 Å². The zero-order valence-corrected chi connectivity index (χ0v) is 42.5. The number of ether oxygens (including phenoxy) is 7. The van der Waals surface area contributed by atoms with Crippen LogP contribution < -0.4 is 9.47 Å². The fraction of sp³-hybridized carbons (Fsp3) is 0.680. The third kappa shape index (κ3) is 17.7. The topological polar surface area (TPSA) is 156 Å². The van der Waals surface area contributed by atoms with E-state index in [0.717, 1.165) is 35.0 Å². The maximum atomic E-state index is 13.3. The van der Waals surface area contributed by atoms with Gasteiger partial charge in [-0.15, -0.1) is 0 Å². The van der Waals surface area contributed by atoms with Gasteiger partial charge in [0.05, 0.1) is 21.7 Å². The molecule has 2 aliphatic rings. The Morgan fingerprint density at radius 2 is 1.20 bits per heavy atom. The molecule has 0 radical (unpaired) electrons. The highest BCUT2D eigenvalue weighted by Gasteiger charge is 2.55. The standard InChI is InChI=1S/C32H48O9S.C18H28O3S/c1-29(2,3)25(33)37-18-20-21(39-26(34)30(4,5)6)22(40-27(35)31(7,8)9)23(41-28(36)32(10,11)12)24(38-20)42-19-16-14-13-15-17-19;1-3-4-5-6-7-8-11-22(19)15(2)12-16-9-10-17-18(13-16)21-14-20-17/h13-17,20-24H,18H2,1-12H3;9-10,13,15H,3-8,11-12,14H2,1-2H3/t20-,21+,22+,23-,24+;/m1./s1. The van der Waals surface area contributed by atoms with Crippen molar-refractivity contribution in [2.75, 3.05) is 19.2 Å². The van der Waals surface area contributed by atoms with E-state index in [4.69, 9.17) is 33.2 Å². The fourth-order valence-corrected chi connectivity index (χ4v) is 8.53. The van der Waals surface area contributed by atoms with Gasteiger partial charge in [-0.25, -0.2) is 0 Å². The van der Waals surface area contributed by atoms with E-state index in [1.165, 1.54) is 49.4 Å². The molecule has 2 aromatic carbocycles. The molecule has 1 fully saturated rings. The summed E-state index contributed by atoms with van der Waals surface area (Å²) in [7, 11) is 0. The molecule has 14 heteroatoms. The van der Waals surface area contributed by atoms with E-state index in [-0.39, 0.29) is 11.9 Å². The number of hydrogen-bond acceptors (Lipinski definition) is 13. The second-order valence-electron chi connectivity index (χ2n) is 20.7. The van der Waals surface area contributed by atoms with E-state index in [9.17, 15) is 23.7 Å². The fourth-order valence-electron chi connectivity index (χ4n) is 6.14. The van der Waals surface area contributed by atoms with E-state index >= 15 is 0 Å². The Kier molecular flexibility index (Phi) is 20.9. The number of hydrogen-bond donors (Lipinski definition) is 0. The Morgan fingerprint density at radius 1 is 0.688 bits per heavy atom. The van der Waals surface area contributed by atoms with Gasteiger partial charge < -0.3 is 37.7 Å². The van der Waals surface area contributed by atoms with Gasteiger partial charge in [0.25, 0.3) is 0 Å². The van der Waals surface area contributed by atoms with Crippen molar-refractivity contribution >= 4 is 46.8 Å². The Labute approximate surface area is 390 Å². The summed E-state index contributed by atoms with van der Waals surface area (Å²) in [5.74, 6) is 0.245. The molecule has 0 N–H and O–H groups in total. The van der Waals surface area contributed by atoms with Gasteiger partial charge in [-0.1, -0.05) is 79.8 Å². The number of esters is 4. The monoisotopic (exact) mass is 932 g/mol. The maximum absolute atomic E-state index is 13.3. The minimum Gasteiger partial charge on any atom is -0.616 e. The van der Waals surface area contributed by atoms with Crippen molar-refractivity contribution < 1.29 is 56.9 Å². The number of rotatable bonds is 17. The van der Waals surface area contributed by atoms with Crippen LogP contribution in [0.15, 0.2) is 53.4 Å². The molecule has 7 atom stereocenters. The lowest BCUT2D eigenvalue weighted by Crippen LogP contribution is -2.63. The summed E-state index contributed by atoms with van der Waals surface area (Å²) in [6, 6.07) is 15.3. The molecule has 4 rings (SSSR count). The van der Waals surface area contributed by atoms with E-state index in [1.807, 2.05) is 48.5 Å². The van der Waals surface area contributed by atoms with E-state index in [0.29, 0.717) is 6.79 Å². The first-order chi connectivity index (χ1) is 29.7. The van der Waals surface area contributed by atoms with Crippen LogP contribution in [0, 0.1) is 21.7 Å². The Bertz CT molecular complexity index is 1790. The maximum Gasteiger partial charge on any atom is 0.311 e. The SMILES string of the molecule is CC(C)(C)C(=O)OC[C@H]1O[C@@H](Sc2ccccc2)[C@H](OC(=O)C(C)(C)C)[C@@H](OC(=O)C(C)(C)C)[C@H]1OC(=O)C(C)(C)C.CCCCCCCC[S+]([O-])C(C)Cc1ccc2c(c1)OCO2. The largest absolute Gasteiger partial charge is 0.616 e. The number of benzene rings is 2. The highest BCUT2D eigenvalue weighted by atomic mass is 32.2. The smallest absolute Gasteiger partial charge is 0.311 e. The second kappa shape index (κ2) is 24.3. The Morgan fingerprint density at radius 3 is 1.77 bits per heavy atom. The first-order valence-electron chi connectivity index (χ1n) is 22.7. The highest BCUT2D eigenvalue weighted by molar-refractivity contribution is 7.99. The van der Waals surface area contributed by atoms with Crippen molar-refractivity contribution in [1.29, 1.82) is 0 Å². The summed E-state index contributed by atoms with van der Waals surface area (Å²) < 4.78 is 53.2. The Balaban J connectivity index is 0.000000413. The molecular weight excluding hydrogens is 857 g/mol. The van der Waals surface area contributed by atoms with Gasteiger partial charge in [-0.3, -0.25) is 19.2 Å². The second-order valence-corrected chi connectivity index (χ2v) is 23.9. The number of thioether (sulfide) groups is 1. The number of unbranched alkanes of at least 4 members (excludes halogenated alkanes) is 5. The van der Waals surface area contributed by atoms with E-state index < -0.39 is 86.6 Å². The molecule has 360 valence electrons. The van der Waals surface area contributed by atoms with Crippen LogP contribution in [0.4, 0.5) is 0 Å². The highest BCUT2D eigenvalue weighted by Crippen LogP contribution is 2.40. The van der Waals surface area contributed by atoms with E-state index in [2.05, 4.69) is 13.8 Å². The van der Waals surface area contributed by atoms with E-state index in [1.54, 1.807) is 83.1 Å². The summed E-state index contributed by atoms with van der Waals surface area (Å²) in [4.78, 5) is 53.3.